The predicted molar refractivity (Wildman–Crippen MR) is 103 cm³/mol. The Labute approximate surface area is 161 Å². The van der Waals surface area contributed by atoms with Gasteiger partial charge in [-0.3, -0.25) is 9.59 Å². The molecule has 0 radical (unpaired) electrons. The quantitative estimate of drug-likeness (QED) is 0.768. The van der Waals surface area contributed by atoms with Crippen LogP contribution in [0.3, 0.4) is 0 Å². The van der Waals surface area contributed by atoms with E-state index in [-0.39, 0.29) is 11.8 Å². The van der Waals surface area contributed by atoms with Crippen LogP contribution in [0.4, 0.5) is 0 Å². The summed E-state index contributed by atoms with van der Waals surface area (Å²) in [5.41, 5.74) is 0.680. The lowest BCUT2D eigenvalue weighted by Crippen LogP contribution is -2.53. The summed E-state index contributed by atoms with van der Waals surface area (Å²) in [4.78, 5) is 28.6. The summed E-state index contributed by atoms with van der Waals surface area (Å²) >= 11 is 3.37. The van der Waals surface area contributed by atoms with Crippen LogP contribution in [0.1, 0.15) is 17.3 Å². The van der Waals surface area contributed by atoms with E-state index in [1.54, 1.807) is 16.7 Å². The molecule has 0 aromatic heterocycles. The molecular formula is C20H21BrN2O3. The highest BCUT2D eigenvalue weighted by molar-refractivity contribution is 9.10. The Kier molecular flexibility index (Phi) is 5.93. The van der Waals surface area contributed by atoms with E-state index in [2.05, 4.69) is 15.9 Å². The fourth-order valence-corrected chi connectivity index (χ4v) is 3.18. The lowest BCUT2D eigenvalue weighted by atomic mass is 10.2. The predicted octanol–water partition coefficient (Wildman–Crippen LogP) is 3.20. The summed E-state index contributed by atoms with van der Waals surface area (Å²) in [6.45, 7) is 3.86. The van der Waals surface area contributed by atoms with Gasteiger partial charge >= 0.3 is 0 Å². The second kappa shape index (κ2) is 8.36. The molecule has 2 aromatic rings. The maximum absolute atomic E-state index is 12.6. The van der Waals surface area contributed by atoms with Gasteiger partial charge in [0.25, 0.3) is 11.8 Å². The van der Waals surface area contributed by atoms with E-state index in [0.29, 0.717) is 37.5 Å². The van der Waals surface area contributed by atoms with E-state index in [1.807, 2.05) is 54.6 Å². The van der Waals surface area contributed by atoms with Crippen molar-refractivity contribution in [2.45, 2.75) is 13.0 Å². The van der Waals surface area contributed by atoms with Crippen molar-refractivity contribution >= 4 is 27.7 Å². The molecule has 1 fully saturated rings. The summed E-state index contributed by atoms with van der Waals surface area (Å²) in [6, 6.07) is 16.6. The number of nitrogens with zero attached hydrogens (tertiary/aromatic N) is 2. The molecule has 1 aliphatic rings. The van der Waals surface area contributed by atoms with Gasteiger partial charge < -0.3 is 14.5 Å². The molecule has 1 aliphatic heterocycles. The van der Waals surface area contributed by atoms with E-state index in [4.69, 9.17) is 4.74 Å². The number of hydrogen-bond acceptors (Lipinski definition) is 3. The van der Waals surface area contributed by atoms with E-state index < -0.39 is 6.10 Å². The zero-order valence-electron chi connectivity index (χ0n) is 14.6. The molecule has 0 N–H and O–H groups in total. The van der Waals surface area contributed by atoms with Crippen LogP contribution in [0, 0.1) is 0 Å². The van der Waals surface area contributed by atoms with Crippen molar-refractivity contribution in [2.75, 3.05) is 26.2 Å². The molecule has 5 nitrogen and oxygen atoms in total. The summed E-state index contributed by atoms with van der Waals surface area (Å²) < 4.78 is 6.70. The van der Waals surface area contributed by atoms with Crippen LogP contribution in [0.2, 0.25) is 0 Å². The van der Waals surface area contributed by atoms with Crippen LogP contribution in [0.5, 0.6) is 5.75 Å². The molecule has 0 bridgehead atoms. The molecule has 1 saturated heterocycles. The highest BCUT2D eigenvalue weighted by Gasteiger charge is 2.28. The lowest BCUT2D eigenvalue weighted by molar-refractivity contribution is -0.139. The van der Waals surface area contributed by atoms with Crippen LogP contribution >= 0.6 is 15.9 Å². The Morgan fingerprint density at radius 1 is 0.923 bits per heavy atom. The molecule has 2 amide bonds. The molecule has 0 aliphatic carbocycles. The van der Waals surface area contributed by atoms with Gasteiger partial charge in [-0.25, -0.2) is 0 Å². The number of piperazine rings is 1. The fourth-order valence-electron chi connectivity index (χ4n) is 2.92. The van der Waals surface area contributed by atoms with Crippen molar-refractivity contribution in [3.8, 4) is 5.75 Å². The SMILES string of the molecule is CC(Oc1ccc(Br)cc1)C(=O)N1CCN(C(=O)c2ccccc2)CC1. The minimum atomic E-state index is -0.562. The van der Waals surface area contributed by atoms with Gasteiger partial charge in [0.2, 0.25) is 0 Å². The molecule has 1 atom stereocenters. The highest BCUT2D eigenvalue weighted by atomic mass is 79.9. The smallest absolute Gasteiger partial charge is 0.263 e. The van der Waals surface area contributed by atoms with Crippen molar-refractivity contribution in [2.24, 2.45) is 0 Å². The Morgan fingerprint density at radius 3 is 2.12 bits per heavy atom. The number of halogens is 1. The zero-order chi connectivity index (χ0) is 18.5. The van der Waals surface area contributed by atoms with E-state index in [0.717, 1.165) is 4.47 Å². The Balaban J connectivity index is 1.53. The summed E-state index contributed by atoms with van der Waals surface area (Å²) in [6.07, 6.45) is -0.562. The van der Waals surface area contributed by atoms with Gasteiger partial charge in [0.1, 0.15) is 5.75 Å². The highest BCUT2D eigenvalue weighted by Crippen LogP contribution is 2.18. The van der Waals surface area contributed by atoms with Gasteiger partial charge in [0.15, 0.2) is 6.10 Å². The number of ether oxygens (including phenoxy) is 1. The molecule has 0 spiro atoms. The number of carbonyl (C=O) groups is 2. The zero-order valence-corrected chi connectivity index (χ0v) is 16.2. The molecule has 1 unspecified atom stereocenters. The fraction of sp³-hybridized carbons (Fsp3) is 0.300. The van der Waals surface area contributed by atoms with Crippen molar-refractivity contribution in [3.05, 3.63) is 64.6 Å². The number of benzene rings is 2. The standard InChI is InChI=1S/C20H21BrN2O3/c1-15(26-18-9-7-17(21)8-10-18)19(24)22-11-13-23(14-12-22)20(25)16-5-3-2-4-6-16/h2-10,15H,11-14H2,1H3. The van der Waals surface area contributed by atoms with Crippen LogP contribution < -0.4 is 4.74 Å². The number of amides is 2. The Morgan fingerprint density at radius 2 is 1.50 bits per heavy atom. The van der Waals surface area contributed by atoms with Gasteiger partial charge in [-0.05, 0) is 43.3 Å². The molecule has 26 heavy (non-hydrogen) atoms. The van der Waals surface area contributed by atoms with Crippen molar-refractivity contribution in [1.82, 2.24) is 9.80 Å². The van der Waals surface area contributed by atoms with Crippen molar-refractivity contribution in [1.29, 1.82) is 0 Å². The molecule has 136 valence electrons. The van der Waals surface area contributed by atoms with Crippen LogP contribution in [-0.4, -0.2) is 53.9 Å². The van der Waals surface area contributed by atoms with E-state index in [9.17, 15) is 9.59 Å². The van der Waals surface area contributed by atoms with Crippen molar-refractivity contribution < 1.29 is 14.3 Å². The van der Waals surface area contributed by atoms with E-state index >= 15 is 0 Å². The van der Waals surface area contributed by atoms with Crippen LogP contribution in [0.25, 0.3) is 0 Å². The summed E-state index contributed by atoms with van der Waals surface area (Å²) in [5, 5.41) is 0. The topological polar surface area (TPSA) is 49.9 Å². The molecule has 0 saturated carbocycles. The number of carbonyl (C=O) groups excluding carboxylic acids is 2. The van der Waals surface area contributed by atoms with Gasteiger partial charge in [0.05, 0.1) is 0 Å². The van der Waals surface area contributed by atoms with Crippen LogP contribution in [-0.2, 0) is 4.79 Å². The molecular weight excluding hydrogens is 396 g/mol. The average molecular weight is 417 g/mol. The summed E-state index contributed by atoms with van der Waals surface area (Å²) in [5.74, 6) is 0.614. The van der Waals surface area contributed by atoms with Crippen LogP contribution in [0.15, 0.2) is 59.1 Å². The molecule has 3 rings (SSSR count). The minimum absolute atomic E-state index is 0.0110. The summed E-state index contributed by atoms with van der Waals surface area (Å²) in [7, 11) is 0. The van der Waals surface area contributed by atoms with Gasteiger partial charge in [0, 0.05) is 36.2 Å². The van der Waals surface area contributed by atoms with E-state index in [1.165, 1.54) is 0 Å². The van der Waals surface area contributed by atoms with Crippen molar-refractivity contribution in [3.63, 3.8) is 0 Å². The first-order chi connectivity index (χ1) is 12.5. The number of hydrogen-bond donors (Lipinski definition) is 0. The maximum atomic E-state index is 12.6. The minimum Gasteiger partial charge on any atom is -0.481 e. The second-order valence-electron chi connectivity index (χ2n) is 6.20. The molecule has 2 aromatic carbocycles. The second-order valence-corrected chi connectivity index (χ2v) is 7.11. The van der Waals surface area contributed by atoms with Gasteiger partial charge in [-0.2, -0.15) is 0 Å². The molecule has 1 heterocycles. The maximum Gasteiger partial charge on any atom is 0.263 e. The van der Waals surface area contributed by atoms with Gasteiger partial charge in [-0.1, -0.05) is 34.1 Å². The third-order valence-corrected chi connectivity index (χ3v) is 4.90. The molecule has 6 heteroatoms. The van der Waals surface area contributed by atoms with Gasteiger partial charge in [-0.15, -0.1) is 0 Å². The first kappa shape index (κ1) is 18.5. The first-order valence-corrected chi connectivity index (χ1v) is 9.39. The first-order valence-electron chi connectivity index (χ1n) is 8.60. The third kappa shape index (κ3) is 4.43. The largest absolute Gasteiger partial charge is 0.481 e. The normalized spacial score (nSPS) is 15.5. The lowest BCUT2D eigenvalue weighted by Gasteiger charge is -2.36. The monoisotopic (exact) mass is 416 g/mol. The Bertz CT molecular complexity index is 756. The number of rotatable bonds is 4. The average Bonchev–Trinajstić information content (AvgIpc) is 2.69. The Hall–Kier alpha value is -2.34. The third-order valence-electron chi connectivity index (χ3n) is 4.37.